The van der Waals surface area contributed by atoms with E-state index in [1.807, 2.05) is 0 Å². The van der Waals surface area contributed by atoms with Crippen molar-refractivity contribution in [2.75, 3.05) is 16.5 Å². The zero-order chi connectivity index (χ0) is 26.3. The van der Waals surface area contributed by atoms with Gasteiger partial charge in [0.25, 0.3) is 0 Å². The topological polar surface area (TPSA) is 6.48 Å². The molecule has 0 bridgehead atoms. The highest BCUT2D eigenvalue weighted by atomic mass is 15.3. The number of nitrogens with zero attached hydrogens (tertiary/aromatic N) is 2. The Balaban J connectivity index is 1.89. The summed E-state index contributed by atoms with van der Waals surface area (Å²) in [5.74, 6) is 0. The van der Waals surface area contributed by atoms with E-state index in [4.69, 9.17) is 0 Å². The highest BCUT2D eigenvalue weighted by Gasteiger charge is 2.23. The molecule has 0 aromatic heterocycles. The Morgan fingerprint density at radius 2 is 0.757 bits per heavy atom. The van der Waals surface area contributed by atoms with E-state index < -0.39 is 0 Å². The maximum Gasteiger partial charge on any atom is 0.0989 e. The van der Waals surface area contributed by atoms with Crippen LogP contribution in [0.1, 0.15) is 127 Å². The molecule has 1 aliphatic rings. The molecule has 204 valence electrons. The number of hydrogen-bond donors (Lipinski definition) is 0. The number of rotatable bonds is 18. The molecule has 0 saturated carbocycles. The molecule has 0 aliphatic carbocycles. The third-order valence-corrected chi connectivity index (χ3v) is 7.91. The summed E-state index contributed by atoms with van der Waals surface area (Å²) < 4.78 is 0. The predicted octanol–water partition coefficient (Wildman–Crippen LogP) is 10.4. The number of para-hydroxylation sites is 2. The van der Waals surface area contributed by atoms with E-state index in [-0.39, 0.29) is 0 Å². The van der Waals surface area contributed by atoms with Crippen molar-refractivity contribution in [3.05, 3.63) is 71.1 Å². The van der Waals surface area contributed by atoms with Crippen LogP contribution in [0, 0.1) is 0 Å². The van der Waals surface area contributed by atoms with Gasteiger partial charge >= 0.3 is 0 Å². The molecule has 2 aromatic carbocycles. The second kappa shape index (κ2) is 16.6. The van der Waals surface area contributed by atoms with Gasteiger partial charge in [0.2, 0.25) is 0 Å². The lowest BCUT2D eigenvalue weighted by Crippen LogP contribution is -2.27. The van der Waals surface area contributed by atoms with Crippen LogP contribution in [0.4, 0.5) is 11.4 Å². The molecule has 0 spiro atoms. The van der Waals surface area contributed by atoms with E-state index in [1.165, 1.54) is 136 Å². The maximum absolute atomic E-state index is 2.56. The first-order valence-electron chi connectivity index (χ1n) is 15.7. The molecule has 1 heterocycles. The summed E-state index contributed by atoms with van der Waals surface area (Å²) in [6.07, 6.45) is 25.0. The van der Waals surface area contributed by atoms with Crippen LogP contribution in [0.15, 0.2) is 48.8 Å². The van der Waals surface area contributed by atoms with Crippen molar-refractivity contribution in [1.82, 2.24) is 0 Å². The minimum Gasteiger partial charge on any atom is -0.328 e. The molecule has 3 rings (SSSR count). The van der Waals surface area contributed by atoms with E-state index in [9.17, 15) is 0 Å². The van der Waals surface area contributed by atoms with Gasteiger partial charge in [-0.2, -0.15) is 0 Å². The molecular formula is C35H54N2. The molecule has 0 atom stereocenters. The number of benzene rings is 2. The Kier molecular flexibility index (Phi) is 13.2. The van der Waals surface area contributed by atoms with Gasteiger partial charge in [-0.05, 0) is 73.6 Å². The minimum absolute atomic E-state index is 0.928. The molecular weight excluding hydrogens is 448 g/mol. The predicted molar refractivity (Wildman–Crippen MR) is 165 cm³/mol. The largest absolute Gasteiger partial charge is 0.328 e. The van der Waals surface area contributed by atoms with Crippen molar-refractivity contribution in [1.29, 1.82) is 0 Å². The van der Waals surface area contributed by atoms with Crippen molar-refractivity contribution in [3.8, 4) is 0 Å². The van der Waals surface area contributed by atoms with Crippen LogP contribution in [-0.4, -0.2) is 6.67 Å². The molecule has 2 nitrogen and oxygen atoms in total. The summed E-state index contributed by atoms with van der Waals surface area (Å²) in [6, 6.07) is 14.2. The molecule has 0 saturated heterocycles. The third kappa shape index (κ3) is 8.66. The third-order valence-electron chi connectivity index (χ3n) is 7.91. The van der Waals surface area contributed by atoms with Crippen LogP contribution in [0.3, 0.4) is 0 Å². The number of hydrogen-bond acceptors (Lipinski definition) is 2. The Bertz CT molecular complexity index is 812. The minimum atomic E-state index is 0.928. The normalized spacial score (nSPS) is 13.2. The van der Waals surface area contributed by atoms with Crippen molar-refractivity contribution >= 4 is 11.4 Å². The number of anilines is 2. The van der Waals surface area contributed by atoms with Gasteiger partial charge in [-0.3, -0.25) is 0 Å². The molecule has 0 unspecified atom stereocenters. The Labute approximate surface area is 229 Å². The summed E-state index contributed by atoms with van der Waals surface area (Å²) >= 11 is 0. The van der Waals surface area contributed by atoms with Crippen LogP contribution < -0.4 is 9.80 Å². The zero-order valence-electron chi connectivity index (χ0n) is 24.5. The molecule has 2 heteroatoms. The van der Waals surface area contributed by atoms with Gasteiger partial charge in [-0.15, -0.1) is 0 Å². The van der Waals surface area contributed by atoms with Gasteiger partial charge in [-0.1, -0.05) is 115 Å². The van der Waals surface area contributed by atoms with Crippen molar-refractivity contribution in [2.45, 2.75) is 130 Å². The first kappa shape index (κ1) is 29.3. The fourth-order valence-electron chi connectivity index (χ4n) is 5.81. The first-order chi connectivity index (χ1) is 18.2. The smallest absolute Gasteiger partial charge is 0.0989 e. The van der Waals surface area contributed by atoms with E-state index in [0.717, 1.165) is 6.67 Å². The summed E-state index contributed by atoms with van der Waals surface area (Å²) in [5, 5.41) is 0. The summed E-state index contributed by atoms with van der Waals surface area (Å²) in [4.78, 5) is 5.11. The molecule has 0 radical (unpaired) electrons. The first-order valence-corrected chi connectivity index (χ1v) is 15.7. The molecule has 1 aliphatic heterocycles. The van der Waals surface area contributed by atoms with Crippen molar-refractivity contribution < 1.29 is 0 Å². The summed E-state index contributed by atoms with van der Waals surface area (Å²) in [5.41, 5.74) is 9.12. The quantitative estimate of drug-likeness (QED) is 0.187. The standard InChI is InChI=1S/C35H54N2/c1-5-9-13-19-30-23-17-24-31(20-14-10-6-2)34(30)36-27-28-37(29-36)35-32(21-15-11-7-3)25-18-26-33(35)22-16-12-8-4/h17-18,23-28H,5-16,19-22,29H2,1-4H3. The Morgan fingerprint density at radius 3 is 1.03 bits per heavy atom. The average Bonchev–Trinajstić information content (AvgIpc) is 3.39. The van der Waals surface area contributed by atoms with Crippen molar-refractivity contribution in [2.24, 2.45) is 0 Å². The van der Waals surface area contributed by atoms with Gasteiger partial charge in [0.15, 0.2) is 0 Å². The second-order valence-corrected chi connectivity index (χ2v) is 11.1. The molecule has 37 heavy (non-hydrogen) atoms. The fraction of sp³-hybridized carbons (Fsp3) is 0.600. The van der Waals surface area contributed by atoms with E-state index in [0.29, 0.717) is 0 Å². The van der Waals surface area contributed by atoms with Crippen LogP contribution in [0.25, 0.3) is 0 Å². The Hall–Kier alpha value is -2.22. The Morgan fingerprint density at radius 1 is 0.459 bits per heavy atom. The monoisotopic (exact) mass is 502 g/mol. The van der Waals surface area contributed by atoms with Crippen LogP contribution in [-0.2, 0) is 25.7 Å². The van der Waals surface area contributed by atoms with Crippen LogP contribution in [0.2, 0.25) is 0 Å². The number of aryl methyl sites for hydroxylation is 4. The second-order valence-electron chi connectivity index (χ2n) is 11.1. The van der Waals surface area contributed by atoms with Gasteiger partial charge in [-0.25, -0.2) is 0 Å². The van der Waals surface area contributed by atoms with E-state index in [1.54, 1.807) is 0 Å². The van der Waals surface area contributed by atoms with E-state index in [2.05, 4.69) is 86.3 Å². The van der Waals surface area contributed by atoms with E-state index >= 15 is 0 Å². The fourth-order valence-corrected chi connectivity index (χ4v) is 5.81. The lowest BCUT2D eigenvalue weighted by molar-refractivity contribution is 0.704. The molecule has 0 amide bonds. The summed E-state index contributed by atoms with van der Waals surface area (Å²) in [6.45, 7) is 10.1. The highest BCUT2D eigenvalue weighted by molar-refractivity contribution is 5.69. The lowest BCUT2D eigenvalue weighted by atomic mass is 9.97. The van der Waals surface area contributed by atoms with Gasteiger partial charge in [0.1, 0.15) is 0 Å². The van der Waals surface area contributed by atoms with Crippen LogP contribution >= 0.6 is 0 Å². The lowest BCUT2D eigenvalue weighted by Gasteiger charge is -2.29. The molecule has 0 N–H and O–H groups in total. The highest BCUT2D eigenvalue weighted by Crippen LogP contribution is 2.36. The maximum atomic E-state index is 2.56. The van der Waals surface area contributed by atoms with Gasteiger partial charge < -0.3 is 9.80 Å². The number of unbranched alkanes of at least 4 members (excludes halogenated alkanes) is 8. The SMILES string of the molecule is CCCCCc1cccc(CCCCC)c1N1C=CN(c2c(CCCCC)cccc2CCCCC)C1. The van der Waals surface area contributed by atoms with Gasteiger partial charge in [0.05, 0.1) is 6.67 Å². The average molecular weight is 503 g/mol. The molecule has 2 aromatic rings. The van der Waals surface area contributed by atoms with Crippen molar-refractivity contribution in [3.63, 3.8) is 0 Å². The summed E-state index contributed by atoms with van der Waals surface area (Å²) in [7, 11) is 0. The van der Waals surface area contributed by atoms with Gasteiger partial charge in [0, 0.05) is 23.8 Å². The molecule has 0 fully saturated rings. The zero-order valence-corrected chi connectivity index (χ0v) is 24.5. The van der Waals surface area contributed by atoms with Crippen LogP contribution in [0.5, 0.6) is 0 Å².